The zero-order chi connectivity index (χ0) is 9.03. The van der Waals surface area contributed by atoms with Gasteiger partial charge in [-0.15, -0.1) is 0 Å². The van der Waals surface area contributed by atoms with Crippen LogP contribution in [0.5, 0.6) is 0 Å². The highest BCUT2D eigenvalue weighted by atomic mass is 15.4. The second kappa shape index (κ2) is 4.24. The molecule has 0 aromatic heterocycles. The van der Waals surface area contributed by atoms with Crippen molar-refractivity contribution < 1.29 is 0 Å². The van der Waals surface area contributed by atoms with E-state index in [9.17, 15) is 0 Å². The Kier molecular flexibility index (Phi) is 3.53. The Hall–Kier alpha value is -0.0800. The highest BCUT2D eigenvalue weighted by Gasteiger charge is 2.15. The van der Waals surface area contributed by atoms with Crippen LogP contribution in [0.3, 0.4) is 0 Å². The first-order chi connectivity index (χ1) is 5.58. The predicted octanol–water partition coefficient (Wildman–Crippen LogP) is 2.21. The monoisotopic (exact) mass is 170 g/mol. The summed E-state index contributed by atoms with van der Waals surface area (Å²) in [5, 5.41) is 0. The lowest BCUT2D eigenvalue weighted by molar-refractivity contribution is 0.274. The summed E-state index contributed by atoms with van der Waals surface area (Å²) in [5.41, 5.74) is 6.95. The van der Waals surface area contributed by atoms with Gasteiger partial charge in [0.25, 0.3) is 0 Å². The van der Waals surface area contributed by atoms with Crippen LogP contribution in [0.4, 0.5) is 0 Å². The minimum atomic E-state index is 0.192. The second-order valence-electron chi connectivity index (χ2n) is 4.85. The fraction of sp³-hybridized carbons (Fsp3) is 1.00. The van der Waals surface area contributed by atoms with E-state index in [0.717, 1.165) is 0 Å². The van der Waals surface area contributed by atoms with Gasteiger partial charge in [-0.25, -0.2) is 0 Å². The van der Waals surface area contributed by atoms with Crippen LogP contribution in [-0.2, 0) is 0 Å². The number of hydrazine groups is 1. The van der Waals surface area contributed by atoms with Crippen molar-refractivity contribution in [2.24, 2.45) is 0 Å². The van der Waals surface area contributed by atoms with Crippen LogP contribution >= 0.6 is 0 Å². The highest BCUT2D eigenvalue weighted by molar-refractivity contribution is 4.74. The SMILES string of the molecule is CC(C)(C)NNC1CCCCC1. The first-order valence-corrected chi connectivity index (χ1v) is 5.11. The normalized spacial score (nSPS) is 21.2. The van der Waals surface area contributed by atoms with Gasteiger partial charge < -0.3 is 0 Å². The Labute approximate surface area is 76.1 Å². The van der Waals surface area contributed by atoms with Crippen molar-refractivity contribution in [2.45, 2.75) is 64.5 Å². The molecule has 0 bridgehead atoms. The van der Waals surface area contributed by atoms with E-state index < -0.39 is 0 Å². The molecule has 0 heterocycles. The van der Waals surface area contributed by atoms with Gasteiger partial charge in [0, 0.05) is 11.6 Å². The Balaban J connectivity index is 2.13. The largest absolute Gasteiger partial charge is 0.254 e. The molecule has 2 nitrogen and oxygen atoms in total. The van der Waals surface area contributed by atoms with Gasteiger partial charge in [-0.2, -0.15) is 0 Å². The first kappa shape index (κ1) is 10.0. The maximum atomic E-state index is 3.41. The van der Waals surface area contributed by atoms with E-state index in [2.05, 4.69) is 31.6 Å². The standard InChI is InChI=1S/C10H22N2/c1-10(2,3)12-11-9-7-5-4-6-8-9/h9,11-12H,4-8H2,1-3H3. The molecule has 0 amide bonds. The molecule has 0 unspecified atom stereocenters. The van der Waals surface area contributed by atoms with Crippen molar-refractivity contribution in [3.05, 3.63) is 0 Å². The van der Waals surface area contributed by atoms with Crippen LogP contribution in [0.25, 0.3) is 0 Å². The molecule has 0 saturated heterocycles. The van der Waals surface area contributed by atoms with Gasteiger partial charge in [-0.3, -0.25) is 10.9 Å². The van der Waals surface area contributed by atoms with E-state index in [1.165, 1.54) is 32.1 Å². The fourth-order valence-electron chi connectivity index (χ4n) is 1.57. The maximum absolute atomic E-state index is 3.41. The molecule has 1 fully saturated rings. The molecule has 0 aromatic carbocycles. The van der Waals surface area contributed by atoms with E-state index in [1.54, 1.807) is 0 Å². The fourth-order valence-corrected chi connectivity index (χ4v) is 1.57. The summed E-state index contributed by atoms with van der Waals surface area (Å²) in [6.07, 6.45) is 6.88. The van der Waals surface area contributed by atoms with Gasteiger partial charge in [0.1, 0.15) is 0 Å². The zero-order valence-corrected chi connectivity index (χ0v) is 8.61. The number of nitrogens with one attached hydrogen (secondary N) is 2. The van der Waals surface area contributed by atoms with Crippen LogP contribution in [0.1, 0.15) is 52.9 Å². The Morgan fingerprint density at radius 3 is 2.08 bits per heavy atom. The maximum Gasteiger partial charge on any atom is 0.0239 e. The lowest BCUT2D eigenvalue weighted by Crippen LogP contribution is -2.51. The quantitative estimate of drug-likeness (QED) is 0.621. The molecule has 1 saturated carbocycles. The minimum absolute atomic E-state index is 0.192. The van der Waals surface area contributed by atoms with E-state index in [1.807, 2.05) is 0 Å². The van der Waals surface area contributed by atoms with Crippen LogP contribution < -0.4 is 10.9 Å². The summed E-state index contributed by atoms with van der Waals surface area (Å²) >= 11 is 0. The lowest BCUT2D eigenvalue weighted by atomic mass is 9.96. The molecule has 1 aliphatic carbocycles. The number of rotatable bonds is 2. The smallest absolute Gasteiger partial charge is 0.0239 e. The molecule has 0 aliphatic heterocycles. The van der Waals surface area contributed by atoms with Gasteiger partial charge in [0.05, 0.1) is 0 Å². The summed E-state index contributed by atoms with van der Waals surface area (Å²) < 4.78 is 0. The van der Waals surface area contributed by atoms with E-state index >= 15 is 0 Å². The number of hydrogen-bond donors (Lipinski definition) is 2. The van der Waals surface area contributed by atoms with Gasteiger partial charge >= 0.3 is 0 Å². The summed E-state index contributed by atoms with van der Waals surface area (Å²) in [7, 11) is 0. The predicted molar refractivity (Wildman–Crippen MR) is 52.9 cm³/mol. The molecular formula is C10H22N2. The molecule has 0 spiro atoms. The summed E-state index contributed by atoms with van der Waals surface area (Å²) in [4.78, 5) is 0. The van der Waals surface area contributed by atoms with Crippen molar-refractivity contribution in [3.63, 3.8) is 0 Å². The van der Waals surface area contributed by atoms with Crippen LogP contribution in [0.2, 0.25) is 0 Å². The Bertz CT molecular complexity index is 120. The van der Waals surface area contributed by atoms with Crippen molar-refractivity contribution in [1.29, 1.82) is 0 Å². The molecule has 0 atom stereocenters. The van der Waals surface area contributed by atoms with E-state index in [0.29, 0.717) is 6.04 Å². The topological polar surface area (TPSA) is 24.1 Å². The molecule has 2 N–H and O–H groups in total. The summed E-state index contributed by atoms with van der Waals surface area (Å²) in [5.74, 6) is 0. The molecule has 2 heteroatoms. The van der Waals surface area contributed by atoms with Gasteiger partial charge in [0.15, 0.2) is 0 Å². The lowest BCUT2D eigenvalue weighted by Gasteiger charge is -2.28. The number of hydrogen-bond acceptors (Lipinski definition) is 2. The molecule has 0 radical (unpaired) electrons. The van der Waals surface area contributed by atoms with Gasteiger partial charge in [0.2, 0.25) is 0 Å². The van der Waals surface area contributed by atoms with Gasteiger partial charge in [-0.1, -0.05) is 19.3 Å². The first-order valence-electron chi connectivity index (χ1n) is 5.11. The van der Waals surface area contributed by atoms with Crippen LogP contribution in [0.15, 0.2) is 0 Å². The summed E-state index contributed by atoms with van der Waals surface area (Å²) in [6.45, 7) is 6.55. The minimum Gasteiger partial charge on any atom is -0.254 e. The second-order valence-corrected chi connectivity index (χ2v) is 4.85. The van der Waals surface area contributed by atoms with E-state index in [-0.39, 0.29) is 5.54 Å². The average molecular weight is 170 g/mol. The molecule has 1 aliphatic rings. The van der Waals surface area contributed by atoms with Crippen molar-refractivity contribution in [3.8, 4) is 0 Å². The van der Waals surface area contributed by atoms with Gasteiger partial charge in [-0.05, 0) is 33.6 Å². The van der Waals surface area contributed by atoms with Crippen LogP contribution in [-0.4, -0.2) is 11.6 Å². The van der Waals surface area contributed by atoms with Crippen molar-refractivity contribution in [1.82, 2.24) is 10.9 Å². The van der Waals surface area contributed by atoms with Crippen molar-refractivity contribution in [2.75, 3.05) is 0 Å². The molecule has 0 aromatic rings. The molecular weight excluding hydrogens is 148 g/mol. The zero-order valence-electron chi connectivity index (χ0n) is 8.61. The Morgan fingerprint density at radius 2 is 1.58 bits per heavy atom. The molecule has 12 heavy (non-hydrogen) atoms. The summed E-state index contributed by atoms with van der Waals surface area (Å²) in [6, 6.07) is 0.706. The third kappa shape index (κ3) is 4.07. The highest BCUT2D eigenvalue weighted by Crippen LogP contribution is 2.16. The third-order valence-corrected chi connectivity index (χ3v) is 2.26. The molecule has 1 rings (SSSR count). The Morgan fingerprint density at radius 1 is 1.00 bits per heavy atom. The van der Waals surface area contributed by atoms with Crippen LogP contribution in [0, 0.1) is 0 Å². The van der Waals surface area contributed by atoms with Crippen molar-refractivity contribution >= 4 is 0 Å². The van der Waals surface area contributed by atoms with E-state index in [4.69, 9.17) is 0 Å². The third-order valence-electron chi connectivity index (χ3n) is 2.26. The molecule has 72 valence electrons. The average Bonchev–Trinajstić information content (AvgIpc) is 2.02.